The molecular formula is C15H27N3. The average Bonchev–Trinajstić information content (AvgIpc) is 2.57. The van der Waals surface area contributed by atoms with Gasteiger partial charge in [0.1, 0.15) is 0 Å². The Morgan fingerprint density at radius 3 is 2.39 bits per heavy atom. The maximum absolute atomic E-state index is 6.44. The van der Waals surface area contributed by atoms with E-state index in [9.17, 15) is 0 Å². The van der Waals surface area contributed by atoms with E-state index in [1.807, 2.05) is 11.7 Å². The molecule has 3 nitrogen and oxygen atoms in total. The summed E-state index contributed by atoms with van der Waals surface area (Å²) in [5.74, 6) is 1.61. The third kappa shape index (κ3) is 2.77. The number of rotatable bonds is 3. The van der Waals surface area contributed by atoms with Gasteiger partial charge in [0.15, 0.2) is 0 Å². The van der Waals surface area contributed by atoms with Gasteiger partial charge in [-0.25, -0.2) is 0 Å². The monoisotopic (exact) mass is 249 g/mol. The summed E-state index contributed by atoms with van der Waals surface area (Å²) in [6.07, 6.45) is 6.30. The zero-order chi connectivity index (χ0) is 13.3. The van der Waals surface area contributed by atoms with Crippen LogP contribution in [0.4, 0.5) is 0 Å². The standard InChI is InChI=1S/C15H27N3/c1-10-5-7-13(8-6-10)15(16)9-14-11(2)17-18(4)12(14)3/h10,13,15H,5-9,16H2,1-4H3. The molecule has 1 heterocycles. The van der Waals surface area contributed by atoms with E-state index < -0.39 is 0 Å². The molecule has 1 atom stereocenters. The zero-order valence-corrected chi connectivity index (χ0v) is 12.2. The van der Waals surface area contributed by atoms with Crippen LogP contribution in [0.3, 0.4) is 0 Å². The van der Waals surface area contributed by atoms with Gasteiger partial charge in [0.2, 0.25) is 0 Å². The highest BCUT2D eigenvalue weighted by Crippen LogP contribution is 2.31. The molecule has 102 valence electrons. The number of aryl methyl sites for hydroxylation is 2. The zero-order valence-electron chi connectivity index (χ0n) is 12.2. The molecule has 1 aromatic rings. The van der Waals surface area contributed by atoms with Gasteiger partial charge < -0.3 is 5.73 Å². The molecule has 2 rings (SSSR count). The van der Waals surface area contributed by atoms with E-state index >= 15 is 0 Å². The number of nitrogens with two attached hydrogens (primary N) is 1. The van der Waals surface area contributed by atoms with Crippen LogP contribution in [0.15, 0.2) is 0 Å². The van der Waals surface area contributed by atoms with E-state index in [4.69, 9.17) is 5.73 Å². The van der Waals surface area contributed by atoms with Crippen molar-refractivity contribution in [2.45, 2.75) is 58.9 Å². The summed E-state index contributed by atoms with van der Waals surface area (Å²) in [5, 5.41) is 4.48. The topological polar surface area (TPSA) is 43.8 Å². The van der Waals surface area contributed by atoms with Crippen molar-refractivity contribution in [2.24, 2.45) is 24.6 Å². The van der Waals surface area contributed by atoms with E-state index in [0.29, 0.717) is 12.0 Å². The van der Waals surface area contributed by atoms with Crippen LogP contribution in [0.5, 0.6) is 0 Å². The van der Waals surface area contributed by atoms with Crippen LogP contribution in [0.25, 0.3) is 0 Å². The first kappa shape index (κ1) is 13.6. The maximum Gasteiger partial charge on any atom is 0.0628 e. The predicted octanol–water partition coefficient (Wildman–Crippen LogP) is 2.73. The normalized spacial score (nSPS) is 26.3. The minimum atomic E-state index is 0.305. The largest absolute Gasteiger partial charge is 0.327 e. The lowest BCUT2D eigenvalue weighted by atomic mass is 9.78. The fourth-order valence-electron chi connectivity index (χ4n) is 3.23. The SMILES string of the molecule is Cc1nn(C)c(C)c1CC(N)C1CCC(C)CC1. The highest BCUT2D eigenvalue weighted by Gasteiger charge is 2.25. The molecule has 0 aromatic carbocycles. The van der Waals surface area contributed by atoms with E-state index in [1.54, 1.807) is 0 Å². The van der Waals surface area contributed by atoms with Gasteiger partial charge in [-0.05, 0) is 50.5 Å². The average molecular weight is 249 g/mol. The number of nitrogens with zero attached hydrogens (tertiary/aromatic N) is 2. The first-order chi connectivity index (χ1) is 8.49. The summed E-state index contributed by atoms with van der Waals surface area (Å²) in [6, 6.07) is 0.305. The second-order valence-electron chi connectivity index (χ2n) is 6.16. The summed E-state index contributed by atoms with van der Waals surface area (Å²) in [5.41, 5.74) is 10.2. The molecule has 0 aliphatic heterocycles. The molecule has 1 aliphatic rings. The Bertz CT molecular complexity index is 400. The molecule has 1 fully saturated rings. The van der Waals surface area contributed by atoms with E-state index in [-0.39, 0.29) is 0 Å². The molecule has 1 aromatic heterocycles. The molecule has 0 amide bonds. The molecule has 0 radical (unpaired) electrons. The Balaban J connectivity index is 2.00. The molecule has 1 saturated carbocycles. The van der Waals surface area contributed by atoms with Gasteiger partial charge in [-0.1, -0.05) is 19.8 Å². The van der Waals surface area contributed by atoms with Crippen LogP contribution in [0.2, 0.25) is 0 Å². The third-order valence-corrected chi connectivity index (χ3v) is 4.76. The molecule has 1 unspecified atom stereocenters. The van der Waals surface area contributed by atoms with E-state index in [2.05, 4.69) is 25.9 Å². The van der Waals surface area contributed by atoms with Crippen molar-refractivity contribution in [1.29, 1.82) is 0 Å². The number of hydrogen-bond acceptors (Lipinski definition) is 2. The van der Waals surface area contributed by atoms with E-state index in [1.165, 1.54) is 36.9 Å². The Labute approximate surface area is 111 Å². The van der Waals surface area contributed by atoms with Crippen LogP contribution >= 0.6 is 0 Å². The van der Waals surface area contributed by atoms with Crippen LogP contribution in [0, 0.1) is 25.7 Å². The predicted molar refractivity (Wildman–Crippen MR) is 75.5 cm³/mol. The maximum atomic E-state index is 6.44. The van der Waals surface area contributed by atoms with Crippen molar-refractivity contribution in [2.75, 3.05) is 0 Å². The molecular weight excluding hydrogens is 222 g/mol. The molecule has 3 heteroatoms. The first-order valence-corrected chi connectivity index (χ1v) is 7.23. The molecule has 0 spiro atoms. The molecule has 18 heavy (non-hydrogen) atoms. The lowest BCUT2D eigenvalue weighted by Gasteiger charge is -2.30. The Hall–Kier alpha value is -0.830. The lowest BCUT2D eigenvalue weighted by Crippen LogP contribution is -2.35. The second kappa shape index (κ2) is 5.43. The van der Waals surface area contributed by atoms with Crippen LogP contribution in [-0.4, -0.2) is 15.8 Å². The Kier molecular flexibility index (Phi) is 4.10. The van der Waals surface area contributed by atoms with Gasteiger partial charge in [-0.2, -0.15) is 5.10 Å². The summed E-state index contributed by atoms with van der Waals surface area (Å²) in [7, 11) is 2.01. The van der Waals surface area contributed by atoms with Crippen molar-refractivity contribution in [1.82, 2.24) is 9.78 Å². The smallest absolute Gasteiger partial charge is 0.0628 e. The number of aromatic nitrogens is 2. The van der Waals surface area contributed by atoms with Gasteiger partial charge >= 0.3 is 0 Å². The van der Waals surface area contributed by atoms with Gasteiger partial charge in [0.05, 0.1) is 5.69 Å². The summed E-state index contributed by atoms with van der Waals surface area (Å²) >= 11 is 0. The lowest BCUT2D eigenvalue weighted by molar-refractivity contribution is 0.253. The Morgan fingerprint density at radius 1 is 1.28 bits per heavy atom. The molecule has 2 N–H and O–H groups in total. The van der Waals surface area contributed by atoms with Crippen molar-refractivity contribution < 1.29 is 0 Å². The summed E-state index contributed by atoms with van der Waals surface area (Å²) in [6.45, 7) is 6.60. The number of hydrogen-bond donors (Lipinski definition) is 1. The first-order valence-electron chi connectivity index (χ1n) is 7.23. The van der Waals surface area contributed by atoms with Crippen molar-refractivity contribution >= 4 is 0 Å². The third-order valence-electron chi connectivity index (χ3n) is 4.76. The minimum Gasteiger partial charge on any atom is -0.327 e. The summed E-state index contributed by atoms with van der Waals surface area (Å²) in [4.78, 5) is 0. The van der Waals surface area contributed by atoms with Crippen LogP contribution in [-0.2, 0) is 13.5 Å². The van der Waals surface area contributed by atoms with E-state index in [0.717, 1.165) is 18.0 Å². The fraction of sp³-hybridized carbons (Fsp3) is 0.800. The highest BCUT2D eigenvalue weighted by molar-refractivity contribution is 5.25. The fourth-order valence-corrected chi connectivity index (χ4v) is 3.23. The summed E-state index contributed by atoms with van der Waals surface area (Å²) < 4.78 is 1.97. The van der Waals surface area contributed by atoms with Crippen molar-refractivity contribution in [3.8, 4) is 0 Å². The van der Waals surface area contributed by atoms with Gasteiger partial charge in [0.25, 0.3) is 0 Å². The van der Waals surface area contributed by atoms with Crippen molar-refractivity contribution in [3.05, 3.63) is 17.0 Å². The highest BCUT2D eigenvalue weighted by atomic mass is 15.3. The quantitative estimate of drug-likeness (QED) is 0.895. The van der Waals surface area contributed by atoms with Gasteiger partial charge in [-0.15, -0.1) is 0 Å². The van der Waals surface area contributed by atoms with Crippen LogP contribution in [0.1, 0.15) is 49.6 Å². The molecule has 0 bridgehead atoms. The molecule has 0 saturated heterocycles. The second-order valence-corrected chi connectivity index (χ2v) is 6.16. The molecule has 1 aliphatic carbocycles. The van der Waals surface area contributed by atoms with Gasteiger partial charge in [0, 0.05) is 18.8 Å². The van der Waals surface area contributed by atoms with Crippen molar-refractivity contribution in [3.63, 3.8) is 0 Å². The van der Waals surface area contributed by atoms with Crippen LogP contribution < -0.4 is 5.73 Å². The Morgan fingerprint density at radius 2 is 1.89 bits per heavy atom. The van der Waals surface area contributed by atoms with Gasteiger partial charge in [-0.3, -0.25) is 4.68 Å². The minimum absolute atomic E-state index is 0.305.